The second-order valence-corrected chi connectivity index (χ2v) is 4.70. The van der Waals surface area contributed by atoms with Crippen molar-refractivity contribution in [2.45, 2.75) is 32.7 Å². The predicted octanol–water partition coefficient (Wildman–Crippen LogP) is 0.539. The van der Waals surface area contributed by atoms with Crippen LogP contribution < -0.4 is 5.32 Å². The highest BCUT2D eigenvalue weighted by atomic mass is 16.2. The van der Waals surface area contributed by atoms with Crippen molar-refractivity contribution in [2.24, 2.45) is 0 Å². The van der Waals surface area contributed by atoms with Gasteiger partial charge in [0.05, 0.1) is 0 Å². The lowest BCUT2D eigenvalue weighted by Crippen LogP contribution is -2.47. The zero-order chi connectivity index (χ0) is 12.0. The molecule has 0 aromatic rings. The molecular weight excluding hydrogens is 202 g/mol. The number of amides is 1. The van der Waals surface area contributed by atoms with Gasteiger partial charge in [0.25, 0.3) is 0 Å². The number of nitrogens with zero attached hydrogens (tertiary/aromatic N) is 2. The van der Waals surface area contributed by atoms with E-state index in [4.69, 9.17) is 0 Å². The molecule has 0 bridgehead atoms. The van der Waals surface area contributed by atoms with Gasteiger partial charge in [-0.3, -0.25) is 4.79 Å². The van der Waals surface area contributed by atoms with Gasteiger partial charge in [-0.1, -0.05) is 6.92 Å². The van der Waals surface area contributed by atoms with E-state index in [1.807, 2.05) is 4.90 Å². The quantitative estimate of drug-likeness (QED) is 0.744. The fourth-order valence-corrected chi connectivity index (χ4v) is 1.78. The standard InChI is InChI=1S/C12H25N3O/c1-4-11(2)13-6-5-12(16)15-9-7-14(3)8-10-15/h11,13H,4-10H2,1-3H3. The molecule has 0 aromatic carbocycles. The Morgan fingerprint density at radius 2 is 1.94 bits per heavy atom. The molecule has 0 aliphatic carbocycles. The summed E-state index contributed by atoms with van der Waals surface area (Å²) in [6.45, 7) is 8.90. The van der Waals surface area contributed by atoms with Gasteiger partial charge in [-0.05, 0) is 20.4 Å². The van der Waals surface area contributed by atoms with Crippen LogP contribution in [0.15, 0.2) is 0 Å². The van der Waals surface area contributed by atoms with Crippen LogP contribution in [0.3, 0.4) is 0 Å². The molecule has 0 spiro atoms. The molecule has 0 saturated carbocycles. The molecule has 1 aliphatic heterocycles. The average Bonchev–Trinajstić information content (AvgIpc) is 2.29. The number of nitrogens with one attached hydrogen (secondary N) is 1. The van der Waals surface area contributed by atoms with E-state index in [0.717, 1.165) is 39.1 Å². The Morgan fingerprint density at radius 1 is 1.31 bits per heavy atom. The van der Waals surface area contributed by atoms with Crippen molar-refractivity contribution in [2.75, 3.05) is 39.8 Å². The molecular formula is C12H25N3O. The van der Waals surface area contributed by atoms with Crippen LogP contribution in [0.1, 0.15) is 26.7 Å². The Kier molecular flexibility index (Phi) is 5.77. The van der Waals surface area contributed by atoms with Crippen LogP contribution in [0.2, 0.25) is 0 Å². The van der Waals surface area contributed by atoms with Crippen LogP contribution in [0.5, 0.6) is 0 Å². The Bertz CT molecular complexity index is 212. The maximum Gasteiger partial charge on any atom is 0.223 e. The van der Waals surface area contributed by atoms with E-state index in [0.29, 0.717) is 18.4 Å². The van der Waals surface area contributed by atoms with Crippen LogP contribution in [-0.2, 0) is 4.79 Å². The van der Waals surface area contributed by atoms with E-state index in [9.17, 15) is 4.79 Å². The van der Waals surface area contributed by atoms with Gasteiger partial charge < -0.3 is 15.1 Å². The van der Waals surface area contributed by atoms with Crippen LogP contribution in [0.25, 0.3) is 0 Å². The molecule has 1 amide bonds. The zero-order valence-electron chi connectivity index (χ0n) is 10.8. The molecule has 1 aliphatic rings. The fourth-order valence-electron chi connectivity index (χ4n) is 1.78. The van der Waals surface area contributed by atoms with Crippen molar-refractivity contribution >= 4 is 5.91 Å². The summed E-state index contributed by atoms with van der Waals surface area (Å²) in [6.07, 6.45) is 1.75. The molecule has 0 radical (unpaired) electrons. The third-order valence-electron chi connectivity index (χ3n) is 3.30. The van der Waals surface area contributed by atoms with Gasteiger partial charge >= 0.3 is 0 Å². The minimum Gasteiger partial charge on any atom is -0.340 e. The van der Waals surface area contributed by atoms with E-state index < -0.39 is 0 Å². The number of hydrogen-bond donors (Lipinski definition) is 1. The second kappa shape index (κ2) is 6.86. The molecule has 4 heteroatoms. The molecule has 94 valence electrons. The van der Waals surface area contributed by atoms with Crippen LogP contribution in [0.4, 0.5) is 0 Å². The summed E-state index contributed by atoms with van der Waals surface area (Å²) in [7, 11) is 2.10. The van der Waals surface area contributed by atoms with Crippen molar-refractivity contribution in [1.29, 1.82) is 0 Å². The normalized spacial score (nSPS) is 19.8. The molecule has 1 rings (SSSR count). The highest BCUT2D eigenvalue weighted by Crippen LogP contribution is 2.01. The molecule has 1 saturated heterocycles. The molecule has 1 unspecified atom stereocenters. The molecule has 4 nitrogen and oxygen atoms in total. The smallest absolute Gasteiger partial charge is 0.223 e. The lowest BCUT2D eigenvalue weighted by molar-refractivity contribution is -0.132. The summed E-state index contributed by atoms with van der Waals surface area (Å²) in [5, 5.41) is 3.35. The average molecular weight is 227 g/mol. The highest BCUT2D eigenvalue weighted by molar-refractivity contribution is 5.76. The zero-order valence-corrected chi connectivity index (χ0v) is 10.8. The van der Waals surface area contributed by atoms with Crippen LogP contribution in [0, 0.1) is 0 Å². The van der Waals surface area contributed by atoms with Gasteiger partial charge in [0.15, 0.2) is 0 Å². The van der Waals surface area contributed by atoms with E-state index >= 15 is 0 Å². The van der Waals surface area contributed by atoms with Gasteiger partial charge in [-0.2, -0.15) is 0 Å². The summed E-state index contributed by atoms with van der Waals surface area (Å²) in [5.41, 5.74) is 0. The molecule has 1 atom stereocenters. The van der Waals surface area contributed by atoms with E-state index in [1.165, 1.54) is 0 Å². The van der Waals surface area contributed by atoms with Crippen molar-refractivity contribution in [3.05, 3.63) is 0 Å². The Labute approximate surface area is 99.0 Å². The maximum atomic E-state index is 11.8. The van der Waals surface area contributed by atoms with Gasteiger partial charge in [-0.15, -0.1) is 0 Å². The van der Waals surface area contributed by atoms with Crippen molar-refractivity contribution < 1.29 is 4.79 Å². The Balaban J connectivity index is 2.15. The first-order valence-electron chi connectivity index (χ1n) is 6.33. The van der Waals surface area contributed by atoms with E-state index in [2.05, 4.69) is 31.1 Å². The van der Waals surface area contributed by atoms with Gasteiger partial charge in [0, 0.05) is 45.2 Å². The number of rotatable bonds is 5. The minimum atomic E-state index is 0.295. The third kappa shape index (κ3) is 4.49. The third-order valence-corrected chi connectivity index (χ3v) is 3.30. The lowest BCUT2D eigenvalue weighted by atomic mass is 10.2. The molecule has 1 N–H and O–H groups in total. The maximum absolute atomic E-state index is 11.8. The number of carbonyl (C=O) groups excluding carboxylic acids is 1. The summed E-state index contributed by atoms with van der Waals surface area (Å²) < 4.78 is 0. The molecule has 1 fully saturated rings. The minimum absolute atomic E-state index is 0.295. The largest absolute Gasteiger partial charge is 0.340 e. The lowest BCUT2D eigenvalue weighted by Gasteiger charge is -2.32. The SMILES string of the molecule is CCC(C)NCCC(=O)N1CCN(C)CC1. The number of carbonyl (C=O) groups is 1. The fraction of sp³-hybridized carbons (Fsp3) is 0.917. The Hall–Kier alpha value is -0.610. The highest BCUT2D eigenvalue weighted by Gasteiger charge is 2.18. The first kappa shape index (κ1) is 13.5. The van der Waals surface area contributed by atoms with Crippen molar-refractivity contribution in [3.63, 3.8) is 0 Å². The van der Waals surface area contributed by atoms with Crippen molar-refractivity contribution in [1.82, 2.24) is 15.1 Å². The summed E-state index contributed by atoms with van der Waals surface area (Å²) in [5.74, 6) is 0.295. The second-order valence-electron chi connectivity index (χ2n) is 4.70. The predicted molar refractivity (Wildman–Crippen MR) is 66.4 cm³/mol. The monoisotopic (exact) mass is 227 g/mol. The van der Waals surface area contributed by atoms with E-state index in [1.54, 1.807) is 0 Å². The first-order valence-corrected chi connectivity index (χ1v) is 6.33. The van der Waals surface area contributed by atoms with E-state index in [-0.39, 0.29) is 0 Å². The topological polar surface area (TPSA) is 35.6 Å². The number of piperazine rings is 1. The molecule has 16 heavy (non-hydrogen) atoms. The van der Waals surface area contributed by atoms with Crippen molar-refractivity contribution in [3.8, 4) is 0 Å². The van der Waals surface area contributed by atoms with Crippen LogP contribution >= 0.6 is 0 Å². The molecule has 0 aromatic heterocycles. The van der Waals surface area contributed by atoms with Gasteiger partial charge in [0.2, 0.25) is 5.91 Å². The summed E-state index contributed by atoms with van der Waals surface area (Å²) in [4.78, 5) is 16.1. The number of hydrogen-bond acceptors (Lipinski definition) is 3. The number of likely N-dealkylation sites (N-methyl/N-ethyl adjacent to an activating group) is 1. The summed E-state index contributed by atoms with van der Waals surface area (Å²) in [6, 6.07) is 0.514. The van der Waals surface area contributed by atoms with Gasteiger partial charge in [-0.25, -0.2) is 0 Å². The summed E-state index contributed by atoms with van der Waals surface area (Å²) >= 11 is 0. The van der Waals surface area contributed by atoms with Gasteiger partial charge in [0.1, 0.15) is 0 Å². The molecule has 1 heterocycles. The first-order chi connectivity index (χ1) is 7.63. The Morgan fingerprint density at radius 3 is 2.50 bits per heavy atom. The van der Waals surface area contributed by atoms with Crippen LogP contribution in [-0.4, -0.2) is 61.5 Å².